The lowest BCUT2D eigenvalue weighted by Gasteiger charge is -2.36. The second-order valence-corrected chi connectivity index (χ2v) is 11.9. The molecule has 2 atom stereocenters. The van der Waals surface area contributed by atoms with Gasteiger partial charge in [-0.05, 0) is 39.5 Å². The molecule has 192 valence electrons. The Bertz CT molecular complexity index is 911. The van der Waals surface area contributed by atoms with Crippen LogP contribution >= 0.6 is 0 Å². The van der Waals surface area contributed by atoms with Gasteiger partial charge in [0.2, 0.25) is 0 Å². The van der Waals surface area contributed by atoms with Crippen molar-refractivity contribution in [1.82, 2.24) is 10.6 Å². The Labute approximate surface area is 211 Å². The fourth-order valence-corrected chi connectivity index (χ4v) is 4.69. The molecule has 0 aromatic heterocycles. The molecule has 0 aliphatic carbocycles. The fraction of sp³-hybridized carbons (Fsp3) is 0.567. The largest absolute Gasteiger partial charge is 0.445 e. The van der Waals surface area contributed by atoms with Gasteiger partial charge in [0.15, 0.2) is 0 Å². The molecule has 1 fully saturated rings. The molecule has 0 radical (unpaired) electrons. The number of hydrogen-bond acceptors (Lipinski definition) is 4. The number of unbranched alkanes of at least 4 members (excludes halogenated alkanes) is 1. The minimum Gasteiger partial charge on any atom is -0.445 e. The first-order valence-electron chi connectivity index (χ1n) is 13.0. The Hall–Kier alpha value is -2.37. The van der Waals surface area contributed by atoms with Crippen LogP contribution in [0.2, 0.25) is 0 Å². The second kappa shape index (κ2) is 10.7. The molecule has 2 aromatic carbocycles. The summed E-state index contributed by atoms with van der Waals surface area (Å²) in [5, 5.41) is 18.6. The Kier molecular flexibility index (Phi) is 8.33. The molecule has 2 aromatic rings. The molecule has 0 spiro atoms. The molecule has 1 saturated heterocycles. The van der Waals surface area contributed by atoms with E-state index in [0.717, 1.165) is 24.0 Å². The molecule has 0 saturated carbocycles. The van der Waals surface area contributed by atoms with E-state index >= 15 is 0 Å². The molecule has 1 aliphatic rings. The number of nitrogens with one attached hydrogen (secondary N) is 2. The highest BCUT2D eigenvalue weighted by Crippen LogP contribution is 2.39. The van der Waals surface area contributed by atoms with E-state index in [2.05, 4.69) is 83.4 Å². The number of ether oxygens (including phenoxy) is 1. The van der Waals surface area contributed by atoms with Crippen molar-refractivity contribution < 1.29 is 14.6 Å². The van der Waals surface area contributed by atoms with Gasteiger partial charge in [-0.25, -0.2) is 4.79 Å². The van der Waals surface area contributed by atoms with Gasteiger partial charge in [0.1, 0.15) is 11.7 Å². The van der Waals surface area contributed by atoms with Crippen molar-refractivity contribution in [3.63, 3.8) is 0 Å². The maximum atomic E-state index is 12.3. The zero-order chi connectivity index (χ0) is 25.9. The fourth-order valence-electron chi connectivity index (χ4n) is 4.69. The van der Waals surface area contributed by atoms with E-state index in [9.17, 15) is 9.90 Å². The predicted molar refractivity (Wildman–Crippen MR) is 143 cm³/mol. The Morgan fingerprint density at radius 3 is 1.80 bits per heavy atom. The summed E-state index contributed by atoms with van der Waals surface area (Å²) in [4.78, 5) is 12.2. The molecule has 3 rings (SSSR count). The molecular formula is C30H44N2O3. The number of benzene rings is 2. The van der Waals surface area contributed by atoms with Crippen molar-refractivity contribution in [2.45, 2.75) is 96.3 Å². The third-order valence-electron chi connectivity index (χ3n) is 7.05. The Morgan fingerprint density at radius 1 is 0.914 bits per heavy atom. The molecule has 35 heavy (non-hydrogen) atoms. The second-order valence-electron chi connectivity index (χ2n) is 11.9. The predicted octanol–water partition coefficient (Wildman–Crippen LogP) is 5.77. The lowest BCUT2D eigenvalue weighted by atomic mass is 9.76. The summed E-state index contributed by atoms with van der Waals surface area (Å²) in [6.07, 6.45) is 1.78. The number of carbonyl (C=O) groups is 1. The van der Waals surface area contributed by atoms with E-state index in [4.69, 9.17) is 4.74 Å². The van der Waals surface area contributed by atoms with Gasteiger partial charge in [0.25, 0.3) is 0 Å². The van der Waals surface area contributed by atoms with Crippen LogP contribution in [0.15, 0.2) is 48.5 Å². The van der Waals surface area contributed by atoms with Crippen molar-refractivity contribution in [1.29, 1.82) is 0 Å². The summed E-state index contributed by atoms with van der Waals surface area (Å²) in [5.74, 6) is 0. The van der Waals surface area contributed by atoms with E-state index in [0.29, 0.717) is 19.5 Å². The molecule has 5 nitrogen and oxygen atoms in total. The highest BCUT2D eigenvalue weighted by atomic mass is 16.6. The van der Waals surface area contributed by atoms with Gasteiger partial charge < -0.3 is 20.5 Å². The number of hydrogen-bond donors (Lipinski definition) is 3. The van der Waals surface area contributed by atoms with Crippen molar-refractivity contribution in [2.24, 2.45) is 0 Å². The Balaban J connectivity index is 1.90. The minimum atomic E-state index is -1.26. The van der Waals surface area contributed by atoms with Crippen molar-refractivity contribution >= 4 is 6.09 Å². The summed E-state index contributed by atoms with van der Waals surface area (Å²) in [6.45, 7) is 16.3. The quantitative estimate of drug-likeness (QED) is 0.440. The van der Waals surface area contributed by atoms with Crippen LogP contribution in [0.25, 0.3) is 0 Å². The van der Waals surface area contributed by atoms with Gasteiger partial charge in [0, 0.05) is 25.6 Å². The van der Waals surface area contributed by atoms with Crippen LogP contribution in [-0.2, 0) is 21.2 Å². The minimum absolute atomic E-state index is 0.0285. The summed E-state index contributed by atoms with van der Waals surface area (Å²) in [6, 6.07) is 16.3. The standard InChI is InChI=1S/C30H44N2O3/c1-8-9-18-31-27(33)35-25-19-26(32-20-25)30(34,23-14-10-21(11-15-23)28(2,3)4)24-16-12-22(13-17-24)29(5,6)7/h10-17,25-26,32,34H,8-9,18-20H2,1-7H3,(H,31,33)/t25-,26-/m1/s1. The summed E-state index contributed by atoms with van der Waals surface area (Å²) in [5.41, 5.74) is 2.90. The third kappa shape index (κ3) is 6.45. The number of amides is 1. The number of aliphatic hydroxyl groups is 1. The lowest BCUT2D eigenvalue weighted by Crippen LogP contribution is -2.46. The van der Waals surface area contributed by atoms with Crippen LogP contribution in [-0.4, -0.2) is 36.4 Å². The molecule has 3 N–H and O–H groups in total. The highest BCUT2D eigenvalue weighted by Gasteiger charge is 2.45. The first-order valence-corrected chi connectivity index (χ1v) is 13.0. The van der Waals surface area contributed by atoms with E-state index < -0.39 is 11.7 Å². The average molecular weight is 481 g/mol. The SMILES string of the molecule is CCCCNC(=O)O[C@H]1CN[C@@H](C(O)(c2ccc(C(C)(C)C)cc2)c2ccc(C(C)(C)C)cc2)C1. The average Bonchev–Trinajstić information content (AvgIpc) is 3.26. The first kappa shape index (κ1) is 27.2. The molecule has 1 heterocycles. The molecule has 1 aliphatic heterocycles. The summed E-state index contributed by atoms with van der Waals surface area (Å²) < 4.78 is 5.66. The zero-order valence-corrected chi connectivity index (χ0v) is 22.6. The normalized spacial score (nSPS) is 19.0. The monoisotopic (exact) mass is 480 g/mol. The van der Waals surface area contributed by atoms with Gasteiger partial charge in [-0.1, -0.05) is 103 Å². The first-order chi connectivity index (χ1) is 16.4. The van der Waals surface area contributed by atoms with Gasteiger partial charge in [0.05, 0.1) is 0 Å². The van der Waals surface area contributed by atoms with Crippen LogP contribution < -0.4 is 10.6 Å². The van der Waals surface area contributed by atoms with E-state index in [1.807, 2.05) is 24.3 Å². The smallest absolute Gasteiger partial charge is 0.407 e. The maximum Gasteiger partial charge on any atom is 0.407 e. The van der Waals surface area contributed by atoms with Gasteiger partial charge in [-0.15, -0.1) is 0 Å². The molecular weight excluding hydrogens is 436 g/mol. The highest BCUT2D eigenvalue weighted by molar-refractivity contribution is 5.67. The van der Waals surface area contributed by atoms with Gasteiger partial charge >= 0.3 is 6.09 Å². The number of carbonyl (C=O) groups excluding carboxylic acids is 1. The van der Waals surface area contributed by atoms with Crippen LogP contribution in [0.5, 0.6) is 0 Å². The zero-order valence-electron chi connectivity index (χ0n) is 22.6. The van der Waals surface area contributed by atoms with Crippen molar-refractivity contribution in [3.05, 3.63) is 70.8 Å². The molecule has 5 heteroatoms. The third-order valence-corrected chi connectivity index (χ3v) is 7.05. The van der Waals surface area contributed by atoms with Crippen molar-refractivity contribution in [3.8, 4) is 0 Å². The topological polar surface area (TPSA) is 70.6 Å². The van der Waals surface area contributed by atoms with Gasteiger partial charge in [-0.3, -0.25) is 0 Å². The summed E-state index contributed by atoms with van der Waals surface area (Å²) in [7, 11) is 0. The van der Waals surface area contributed by atoms with E-state index in [1.54, 1.807) is 0 Å². The number of alkyl carbamates (subject to hydrolysis) is 1. The Morgan fingerprint density at radius 2 is 1.37 bits per heavy atom. The van der Waals surface area contributed by atoms with Crippen molar-refractivity contribution in [2.75, 3.05) is 13.1 Å². The van der Waals surface area contributed by atoms with Gasteiger partial charge in [-0.2, -0.15) is 0 Å². The van der Waals surface area contributed by atoms with Crippen LogP contribution in [0.4, 0.5) is 4.79 Å². The lowest BCUT2D eigenvalue weighted by molar-refractivity contribution is 0.0372. The summed E-state index contributed by atoms with van der Waals surface area (Å²) >= 11 is 0. The van der Waals surface area contributed by atoms with Crippen LogP contribution in [0.3, 0.4) is 0 Å². The van der Waals surface area contributed by atoms with Crippen LogP contribution in [0.1, 0.15) is 90.0 Å². The maximum absolute atomic E-state index is 12.3. The number of rotatable bonds is 7. The molecule has 0 bridgehead atoms. The van der Waals surface area contributed by atoms with E-state index in [-0.39, 0.29) is 23.0 Å². The van der Waals surface area contributed by atoms with Crippen LogP contribution in [0, 0.1) is 0 Å². The molecule has 1 amide bonds. The van der Waals surface area contributed by atoms with E-state index in [1.165, 1.54) is 11.1 Å². The molecule has 0 unspecified atom stereocenters.